The van der Waals surface area contributed by atoms with E-state index in [9.17, 15) is 5.11 Å². The number of aliphatic hydroxyl groups excluding tert-OH is 1. The van der Waals surface area contributed by atoms with Gasteiger partial charge in [-0.2, -0.15) is 0 Å². The van der Waals surface area contributed by atoms with Crippen molar-refractivity contribution < 1.29 is 9.84 Å². The van der Waals surface area contributed by atoms with Crippen molar-refractivity contribution >= 4 is 17.4 Å². The minimum Gasteiger partial charge on any atom is -0.490 e. The highest BCUT2D eigenvalue weighted by atomic mass is 35.5. The molecule has 0 aromatic carbocycles. The molecule has 0 amide bonds. The van der Waals surface area contributed by atoms with Gasteiger partial charge in [-0.3, -0.25) is 0 Å². The smallest absolute Gasteiger partial charge is 0.199 e. The first-order valence-electron chi connectivity index (χ1n) is 6.11. The lowest BCUT2D eigenvalue weighted by Crippen LogP contribution is -2.37. The molecule has 0 unspecified atom stereocenters. The quantitative estimate of drug-likeness (QED) is 0.771. The van der Waals surface area contributed by atoms with Gasteiger partial charge in [0.05, 0.1) is 13.7 Å². The van der Waals surface area contributed by atoms with Crippen LogP contribution in [0.2, 0.25) is 5.15 Å². The SMILES string of the molecule is CCC(CC)N(CCO)c1ncnc(Cl)c1OC. The number of hydrogen-bond acceptors (Lipinski definition) is 5. The minimum atomic E-state index is 0.0568. The van der Waals surface area contributed by atoms with Gasteiger partial charge >= 0.3 is 0 Å². The van der Waals surface area contributed by atoms with E-state index in [4.69, 9.17) is 16.3 Å². The van der Waals surface area contributed by atoms with Crippen LogP contribution < -0.4 is 9.64 Å². The van der Waals surface area contributed by atoms with Crippen LogP contribution in [0.5, 0.6) is 5.75 Å². The molecular formula is C12H20ClN3O2. The first-order valence-corrected chi connectivity index (χ1v) is 6.49. The Balaban J connectivity index is 3.16. The summed E-state index contributed by atoms with van der Waals surface area (Å²) in [6.07, 6.45) is 3.33. The van der Waals surface area contributed by atoms with E-state index >= 15 is 0 Å². The van der Waals surface area contributed by atoms with Crippen molar-refractivity contribution in [3.63, 3.8) is 0 Å². The van der Waals surface area contributed by atoms with Crippen LogP contribution >= 0.6 is 11.6 Å². The highest BCUT2D eigenvalue weighted by molar-refractivity contribution is 6.31. The third kappa shape index (κ3) is 3.23. The van der Waals surface area contributed by atoms with Crippen LogP contribution in [-0.2, 0) is 0 Å². The Hall–Kier alpha value is -1.07. The average molecular weight is 274 g/mol. The maximum absolute atomic E-state index is 9.21. The van der Waals surface area contributed by atoms with Crippen molar-refractivity contribution in [1.82, 2.24) is 9.97 Å². The van der Waals surface area contributed by atoms with E-state index in [-0.39, 0.29) is 17.8 Å². The monoisotopic (exact) mass is 273 g/mol. The van der Waals surface area contributed by atoms with Crippen molar-refractivity contribution in [2.75, 3.05) is 25.2 Å². The zero-order chi connectivity index (χ0) is 13.5. The zero-order valence-electron chi connectivity index (χ0n) is 11.1. The predicted molar refractivity (Wildman–Crippen MR) is 72.4 cm³/mol. The fourth-order valence-electron chi connectivity index (χ4n) is 2.02. The van der Waals surface area contributed by atoms with Crippen molar-refractivity contribution in [3.05, 3.63) is 11.5 Å². The summed E-state index contributed by atoms with van der Waals surface area (Å²) in [5.41, 5.74) is 0. The molecule has 1 aromatic rings. The van der Waals surface area contributed by atoms with Crippen LogP contribution in [0, 0.1) is 0 Å². The molecule has 0 saturated heterocycles. The van der Waals surface area contributed by atoms with E-state index in [2.05, 4.69) is 23.8 Å². The molecule has 5 nitrogen and oxygen atoms in total. The number of methoxy groups -OCH3 is 1. The first kappa shape index (κ1) is 15.0. The first-order chi connectivity index (χ1) is 8.69. The van der Waals surface area contributed by atoms with Gasteiger partial charge in [0, 0.05) is 12.6 Å². The third-order valence-corrected chi connectivity index (χ3v) is 3.21. The van der Waals surface area contributed by atoms with Crippen LogP contribution in [0.4, 0.5) is 5.82 Å². The lowest BCUT2D eigenvalue weighted by molar-refractivity contribution is 0.294. The topological polar surface area (TPSA) is 58.5 Å². The van der Waals surface area contributed by atoms with Gasteiger partial charge in [0.1, 0.15) is 6.33 Å². The molecule has 0 spiro atoms. The molecular weight excluding hydrogens is 254 g/mol. The van der Waals surface area contributed by atoms with Gasteiger partial charge in [0.2, 0.25) is 0 Å². The number of ether oxygens (including phenoxy) is 1. The summed E-state index contributed by atoms with van der Waals surface area (Å²) in [7, 11) is 1.54. The molecule has 1 N–H and O–H groups in total. The zero-order valence-corrected chi connectivity index (χ0v) is 11.8. The van der Waals surface area contributed by atoms with Crippen molar-refractivity contribution in [1.29, 1.82) is 0 Å². The van der Waals surface area contributed by atoms with Gasteiger partial charge in [0.15, 0.2) is 16.7 Å². The molecule has 1 rings (SSSR count). The van der Waals surface area contributed by atoms with Crippen LogP contribution in [0.3, 0.4) is 0 Å². The van der Waals surface area contributed by atoms with Crippen LogP contribution in [0.1, 0.15) is 26.7 Å². The number of nitrogens with zero attached hydrogens (tertiary/aromatic N) is 3. The highest BCUT2D eigenvalue weighted by Crippen LogP contribution is 2.33. The van der Waals surface area contributed by atoms with Gasteiger partial charge in [0.25, 0.3) is 0 Å². The molecule has 0 bridgehead atoms. The van der Waals surface area contributed by atoms with E-state index < -0.39 is 0 Å². The van der Waals surface area contributed by atoms with Gasteiger partial charge in [-0.15, -0.1) is 0 Å². The summed E-state index contributed by atoms with van der Waals surface area (Å²) >= 11 is 6.00. The van der Waals surface area contributed by atoms with Gasteiger partial charge in [-0.1, -0.05) is 25.4 Å². The molecule has 102 valence electrons. The second-order valence-corrected chi connectivity index (χ2v) is 4.27. The molecule has 0 aliphatic rings. The van der Waals surface area contributed by atoms with Crippen LogP contribution in [0.25, 0.3) is 0 Å². The molecule has 0 atom stereocenters. The summed E-state index contributed by atoms with van der Waals surface area (Å²) in [4.78, 5) is 10.2. The standard InChI is InChI=1S/C12H20ClN3O2/c1-4-9(5-2)16(6-7-17)12-10(18-3)11(13)14-8-15-12/h8-9,17H,4-7H2,1-3H3. The lowest BCUT2D eigenvalue weighted by Gasteiger charge is -2.31. The largest absolute Gasteiger partial charge is 0.490 e. The summed E-state index contributed by atoms with van der Waals surface area (Å²) in [5.74, 6) is 1.10. The molecule has 0 fully saturated rings. The Morgan fingerprint density at radius 1 is 1.39 bits per heavy atom. The van der Waals surface area contributed by atoms with Crippen molar-refractivity contribution in [3.8, 4) is 5.75 Å². The van der Waals surface area contributed by atoms with Gasteiger partial charge in [-0.25, -0.2) is 9.97 Å². The number of aromatic nitrogens is 2. The number of halogens is 1. The predicted octanol–water partition coefficient (Wildman–Crippen LogP) is 2.13. The summed E-state index contributed by atoms with van der Waals surface area (Å²) in [6, 6.07) is 0.289. The van der Waals surface area contributed by atoms with E-state index in [0.717, 1.165) is 12.8 Å². The maximum Gasteiger partial charge on any atom is 0.199 e. The molecule has 1 aromatic heterocycles. The number of hydrogen-bond donors (Lipinski definition) is 1. The Morgan fingerprint density at radius 2 is 2.06 bits per heavy atom. The van der Waals surface area contributed by atoms with E-state index in [1.807, 2.05) is 4.90 Å². The van der Waals surface area contributed by atoms with Gasteiger partial charge < -0.3 is 14.7 Å². The van der Waals surface area contributed by atoms with Crippen molar-refractivity contribution in [2.45, 2.75) is 32.7 Å². The third-order valence-electron chi connectivity index (χ3n) is 2.94. The highest BCUT2D eigenvalue weighted by Gasteiger charge is 2.22. The van der Waals surface area contributed by atoms with Crippen LogP contribution in [0.15, 0.2) is 6.33 Å². The number of anilines is 1. The molecule has 1 heterocycles. The van der Waals surface area contributed by atoms with E-state index in [1.54, 1.807) is 0 Å². The molecule has 6 heteroatoms. The fraction of sp³-hybridized carbons (Fsp3) is 0.667. The Kier molecular flexibility index (Phi) is 6.15. The molecule has 0 aliphatic carbocycles. The van der Waals surface area contributed by atoms with E-state index in [1.165, 1.54) is 13.4 Å². The Labute approximate surface area is 113 Å². The molecule has 0 radical (unpaired) electrons. The second kappa shape index (κ2) is 7.38. The number of aliphatic hydroxyl groups is 1. The Bertz CT molecular complexity index is 372. The fourth-order valence-corrected chi connectivity index (χ4v) is 2.23. The summed E-state index contributed by atoms with van der Waals surface area (Å²) in [5, 5.41) is 9.50. The van der Waals surface area contributed by atoms with Crippen molar-refractivity contribution in [2.24, 2.45) is 0 Å². The van der Waals surface area contributed by atoms with E-state index in [0.29, 0.717) is 18.1 Å². The van der Waals surface area contributed by atoms with Crippen LogP contribution in [-0.4, -0.2) is 41.4 Å². The molecule has 0 aliphatic heterocycles. The van der Waals surface area contributed by atoms with Gasteiger partial charge in [-0.05, 0) is 12.8 Å². The summed E-state index contributed by atoms with van der Waals surface area (Å²) in [6.45, 7) is 4.76. The number of rotatable bonds is 7. The molecule has 18 heavy (non-hydrogen) atoms. The maximum atomic E-state index is 9.21. The second-order valence-electron chi connectivity index (χ2n) is 3.91. The Morgan fingerprint density at radius 3 is 2.56 bits per heavy atom. The summed E-state index contributed by atoms with van der Waals surface area (Å²) < 4.78 is 5.26. The minimum absolute atomic E-state index is 0.0568. The lowest BCUT2D eigenvalue weighted by atomic mass is 10.1. The molecule has 0 saturated carbocycles. The normalized spacial score (nSPS) is 10.8. The average Bonchev–Trinajstić information content (AvgIpc) is 2.38.